The molecule has 2 aromatic rings. The number of halogens is 1. The second kappa shape index (κ2) is 9.60. The lowest BCUT2D eigenvalue weighted by Crippen LogP contribution is -2.22. The van der Waals surface area contributed by atoms with Gasteiger partial charge in [-0.2, -0.15) is 0 Å². The number of benzene rings is 2. The first-order valence-corrected chi connectivity index (χ1v) is 9.33. The van der Waals surface area contributed by atoms with E-state index < -0.39 is 11.9 Å². The second-order valence-electron chi connectivity index (χ2n) is 6.09. The van der Waals surface area contributed by atoms with Crippen LogP contribution in [0.3, 0.4) is 0 Å². The Morgan fingerprint density at radius 3 is 2.30 bits per heavy atom. The predicted octanol–water partition coefficient (Wildman–Crippen LogP) is 4.36. The lowest BCUT2D eigenvalue weighted by molar-refractivity contribution is -0.134. The summed E-state index contributed by atoms with van der Waals surface area (Å²) in [5, 5.41) is 16.4. The van der Waals surface area contributed by atoms with Gasteiger partial charge in [0.15, 0.2) is 0 Å². The fourth-order valence-electron chi connectivity index (χ4n) is 2.70. The first-order chi connectivity index (χ1) is 12.8. The Hall–Kier alpha value is -2.28. The minimum absolute atomic E-state index is 0.406. The van der Waals surface area contributed by atoms with Crippen molar-refractivity contribution in [3.05, 3.63) is 70.8 Å². The number of carboxylic acids is 2. The van der Waals surface area contributed by atoms with Crippen LogP contribution in [0.4, 0.5) is 0 Å². The molecule has 2 aromatic carbocycles. The van der Waals surface area contributed by atoms with E-state index in [-0.39, 0.29) is 0 Å². The standard InChI is InChI=1S/C16H16ClNS.C4H4O4/c1-18(2)14-10-11-9-12(17)7-8-15(11)19-16-6-4-3-5-13(14)16;5-3(6)1-2-4(7)8/h3-9,14H,10H2,1-2H3;1-2H,(H,5,6)(H,7,8)/b;2-1-. The Balaban J connectivity index is 0.000000279. The molecule has 27 heavy (non-hydrogen) atoms. The van der Waals surface area contributed by atoms with Crippen LogP contribution in [0.5, 0.6) is 0 Å². The molecule has 3 rings (SSSR count). The van der Waals surface area contributed by atoms with E-state index in [0.29, 0.717) is 18.2 Å². The lowest BCUT2D eigenvalue weighted by Gasteiger charge is -2.24. The quantitative estimate of drug-likeness (QED) is 0.738. The van der Waals surface area contributed by atoms with Crippen LogP contribution in [0.25, 0.3) is 0 Å². The maximum absolute atomic E-state index is 9.55. The molecule has 0 spiro atoms. The summed E-state index contributed by atoms with van der Waals surface area (Å²) in [5.74, 6) is -2.51. The van der Waals surface area contributed by atoms with Gasteiger partial charge in [0.05, 0.1) is 0 Å². The van der Waals surface area contributed by atoms with Gasteiger partial charge in [-0.15, -0.1) is 0 Å². The average Bonchev–Trinajstić information content (AvgIpc) is 2.77. The van der Waals surface area contributed by atoms with Gasteiger partial charge in [0, 0.05) is 33.0 Å². The average molecular weight is 406 g/mol. The zero-order chi connectivity index (χ0) is 20.0. The van der Waals surface area contributed by atoms with Crippen molar-refractivity contribution < 1.29 is 19.8 Å². The van der Waals surface area contributed by atoms with Gasteiger partial charge in [0.2, 0.25) is 0 Å². The van der Waals surface area contributed by atoms with E-state index >= 15 is 0 Å². The van der Waals surface area contributed by atoms with Crippen LogP contribution < -0.4 is 0 Å². The summed E-state index contributed by atoms with van der Waals surface area (Å²) in [4.78, 5) is 24.1. The van der Waals surface area contributed by atoms with Crippen molar-refractivity contribution in [1.29, 1.82) is 0 Å². The van der Waals surface area contributed by atoms with Crippen LogP contribution in [-0.4, -0.2) is 41.1 Å². The largest absolute Gasteiger partial charge is 0.478 e. The molecule has 0 fully saturated rings. The van der Waals surface area contributed by atoms with Crippen LogP contribution in [0.15, 0.2) is 64.4 Å². The summed E-state index contributed by atoms with van der Waals surface area (Å²) in [7, 11) is 4.28. The molecule has 0 saturated heterocycles. The Morgan fingerprint density at radius 1 is 1.07 bits per heavy atom. The van der Waals surface area contributed by atoms with Gasteiger partial charge >= 0.3 is 11.9 Å². The second-order valence-corrected chi connectivity index (χ2v) is 7.61. The summed E-state index contributed by atoms with van der Waals surface area (Å²) in [5.41, 5.74) is 2.75. The highest BCUT2D eigenvalue weighted by Crippen LogP contribution is 2.42. The molecule has 142 valence electrons. The van der Waals surface area contributed by atoms with E-state index in [9.17, 15) is 9.59 Å². The van der Waals surface area contributed by atoms with Gasteiger partial charge in [-0.1, -0.05) is 41.6 Å². The number of aliphatic carboxylic acids is 2. The first-order valence-electron chi connectivity index (χ1n) is 8.13. The number of likely N-dealkylation sites (N-methyl/N-ethyl adjacent to an activating group) is 1. The highest BCUT2D eigenvalue weighted by molar-refractivity contribution is 7.99. The number of hydrogen-bond donors (Lipinski definition) is 2. The van der Waals surface area contributed by atoms with E-state index in [2.05, 4.69) is 55.4 Å². The van der Waals surface area contributed by atoms with Gasteiger partial charge in [0.1, 0.15) is 0 Å². The monoisotopic (exact) mass is 405 g/mol. The first kappa shape index (κ1) is 21.0. The van der Waals surface area contributed by atoms with Crippen LogP contribution in [0, 0.1) is 0 Å². The predicted molar refractivity (Wildman–Crippen MR) is 107 cm³/mol. The normalized spacial score (nSPS) is 15.3. The highest BCUT2D eigenvalue weighted by Gasteiger charge is 2.23. The molecule has 0 radical (unpaired) electrons. The zero-order valence-corrected chi connectivity index (χ0v) is 16.5. The van der Waals surface area contributed by atoms with Crippen molar-refractivity contribution in [2.45, 2.75) is 22.3 Å². The minimum atomic E-state index is -1.26. The van der Waals surface area contributed by atoms with Crippen molar-refractivity contribution in [3.8, 4) is 0 Å². The maximum atomic E-state index is 9.55. The Labute approximate surface area is 167 Å². The zero-order valence-electron chi connectivity index (χ0n) is 14.9. The number of hydrogen-bond acceptors (Lipinski definition) is 4. The van der Waals surface area contributed by atoms with Gasteiger partial charge in [0.25, 0.3) is 0 Å². The van der Waals surface area contributed by atoms with Crippen molar-refractivity contribution in [3.63, 3.8) is 0 Å². The van der Waals surface area contributed by atoms with Gasteiger partial charge in [-0.25, -0.2) is 9.59 Å². The highest BCUT2D eigenvalue weighted by atomic mass is 35.5. The van der Waals surface area contributed by atoms with Crippen molar-refractivity contribution in [1.82, 2.24) is 4.90 Å². The molecule has 7 heteroatoms. The van der Waals surface area contributed by atoms with Crippen LogP contribution in [-0.2, 0) is 16.0 Å². The molecule has 0 amide bonds. The Kier molecular flexibility index (Phi) is 7.47. The summed E-state index contributed by atoms with van der Waals surface area (Å²) >= 11 is 7.99. The van der Waals surface area contributed by atoms with Crippen molar-refractivity contribution in [2.75, 3.05) is 14.1 Å². The fraction of sp³-hybridized carbons (Fsp3) is 0.200. The van der Waals surface area contributed by atoms with E-state index in [1.165, 1.54) is 20.9 Å². The molecule has 0 saturated carbocycles. The van der Waals surface area contributed by atoms with E-state index in [4.69, 9.17) is 21.8 Å². The third-order valence-electron chi connectivity index (χ3n) is 3.93. The molecular formula is C20H20ClNO4S. The smallest absolute Gasteiger partial charge is 0.328 e. The van der Waals surface area contributed by atoms with E-state index in [1.54, 1.807) is 0 Å². The molecule has 2 N–H and O–H groups in total. The van der Waals surface area contributed by atoms with Gasteiger partial charge in [-0.3, -0.25) is 0 Å². The summed E-state index contributed by atoms with van der Waals surface area (Å²) < 4.78 is 0. The van der Waals surface area contributed by atoms with E-state index in [0.717, 1.165) is 11.4 Å². The molecule has 1 heterocycles. The molecule has 0 aromatic heterocycles. The summed E-state index contributed by atoms with van der Waals surface area (Å²) in [6.07, 6.45) is 2.12. The number of nitrogens with zero attached hydrogens (tertiary/aromatic N) is 1. The number of carbonyl (C=O) groups is 2. The Bertz CT molecular complexity index is 851. The molecule has 0 bridgehead atoms. The van der Waals surface area contributed by atoms with Crippen LogP contribution >= 0.6 is 23.4 Å². The van der Waals surface area contributed by atoms with Gasteiger partial charge in [-0.05, 0) is 55.9 Å². The SMILES string of the molecule is CN(C)C1Cc2cc(Cl)ccc2Sc2ccccc21.O=C(O)/C=C\C(=O)O. The Morgan fingerprint density at radius 2 is 1.70 bits per heavy atom. The van der Waals surface area contributed by atoms with Crippen LogP contribution in [0.1, 0.15) is 17.2 Å². The number of fused-ring (bicyclic) bond motifs is 2. The van der Waals surface area contributed by atoms with Crippen molar-refractivity contribution >= 4 is 35.3 Å². The maximum Gasteiger partial charge on any atom is 0.328 e. The summed E-state index contributed by atoms with van der Waals surface area (Å²) in [6, 6.07) is 15.3. The van der Waals surface area contributed by atoms with Crippen LogP contribution in [0.2, 0.25) is 5.02 Å². The molecule has 1 aliphatic rings. The fourth-order valence-corrected chi connectivity index (χ4v) is 4.01. The van der Waals surface area contributed by atoms with Gasteiger partial charge < -0.3 is 15.1 Å². The topological polar surface area (TPSA) is 77.8 Å². The minimum Gasteiger partial charge on any atom is -0.478 e. The molecular weight excluding hydrogens is 386 g/mol. The summed E-state index contributed by atoms with van der Waals surface area (Å²) in [6.45, 7) is 0. The number of rotatable bonds is 3. The van der Waals surface area contributed by atoms with Crippen molar-refractivity contribution in [2.24, 2.45) is 0 Å². The molecule has 5 nitrogen and oxygen atoms in total. The molecule has 0 aliphatic carbocycles. The number of carboxylic acid groups (broad SMARTS) is 2. The molecule has 1 atom stereocenters. The molecule has 1 aliphatic heterocycles. The molecule has 1 unspecified atom stereocenters. The third-order valence-corrected chi connectivity index (χ3v) is 5.37. The lowest BCUT2D eigenvalue weighted by atomic mass is 9.98. The third kappa shape index (κ3) is 6.13. The van der Waals surface area contributed by atoms with E-state index in [1.807, 2.05) is 17.8 Å².